The fourth-order valence-corrected chi connectivity index (χ4v) is 9.20. The molecule has 35 heavy (non-hydrogen) atoms. The number of Topliss-reactive ketones (excluding diaryl/α,β-unsaturated/α-hetero) is 1. The van der Waals surface area contributed by atoms with Crippen LogP contribution in [-0.4, -0.2) is 36.3 Å². The number of anilines is 1. The molecule has 0 saturated heterocycles. The molecule has 0 amide bonds. The third-order valence-electron chi connectivity index (χ3n) is 11.1. The van der Waals surface area contributed by atoms with Gasteiger partial charge in [-0.2, -0.15) is 0 Å². The van der Waals surface area contributed by atoms with Crippen molar-refractivity contribution >= 4 is 17.7 Å². The van der Waals surface area contributed by atoms with Crippen molar-refractivity contribution in [3.8, 4) is 0 Å². The number of carbonyl (C=O) groups is 1. The van der Waals surface area contributed by atoms with Crippen LogP contribution in [-0.2, 0) is 4.79 Å². The van der Waals surface area contributed by atoms with E-state index in [1.807, 2.05) is 6.92 Å². The molecule has 0 aromatic heterocycles. The van der Waals surface area contributed by atoms with Crippen molar-refractivity contribution in [2.45, 2.75) is 84.2 Å². The molecule has 0 heterocycles. The summed E-state index contributed by atoms with van der Waals surface area (Å²) >= 11 is 0. The van der Waals surface area contributed by atoms with Crippen LogP contribution in [0.2, 0.25) is 0 Å². The molecule has 4 saturated carbocycles. The van der Waals surface area contributed by atoms with Crippen LogP contribution in [0.25, 0.3) is 0 Å². The first-order valence-electron chi connectivity index (χ1n) is 13.8. The minimum atomic E-state index is -0.497. The van der Waals surface area contributed by atoms with E-state index < -0.39 is 5.60 Å². The highest BCUT2D eigenvalue weighted by molar-refractivity contribution is 5.91. The summed E-state index contributed by atoms with van der Waals surface area (Å²) in [5, 5.41) is 14.0. The minimum absolute atomic E-state index is 0.0684. The van der Waals surface area contributed by atoms with Crippen molar-refractivity contribution in [3.05, 3.63) is 29.6 Å². The van der Waals surface area contributed by atoms with Crippen LogP contribution in [0.4, 0.5) is 10.1 Å². The Morgan fingerprint density at radius 2 is 1.86 bits per heavy atom. The summed E-state index contributed by atoms with van der Waals surface area (Å²) in [7, 11) is 1.69. The standard InChI is InChI=1S/C30H43FN2O2/c1-28(35)13-14-29(2)20(16-28)6-8-22-23-9-10-25(30(23,3)12-11-24(22)29)27(34)18-33-26-15-21(31)7-5-19(26)17-32-4/h5,7,15,17,20,22-25,33,35H,6,8-14,16,18H2,1-4H3/t20-,22+,23+,24+,25-,28-,29+,30+/m1/s1. The predicted molar refractivity (Wildman–Crippen MR) is 139 cm³/mol. The number of ketones is 1. The highest BCUT2D eigenvalue weighted by Crippen LogP contribution is 2.68. The summed E-state index contributed by atoms with van der Waals surface area (Å²) in [5.74, 6) is 2.72. The van der Waals surface area contributed by atoms with Crippen LogP contribution < -0.4 is 5.32 Å². The van der Waals surface area contributed by atoms with Gasteiger partial charge < -0.3 is 10.4 Å². The molecular weight excluding hydrogens is 439 g/mol. The van der Waals surface area contributed by atoms with E-state index in [9.17, 15) is 14.3 Å². The third kappa shape index (κ3) is 4.26. The van der Waals surface area contributed by atoms with Crippen LogP contribution in [0.3, 0.4) is 0 Å². The van der Waals surface area contributed by atoms with Crippen molar-refractivity contribution in [2.24, 2.45) is 45.4 Å². The van der Waals surface area contributed by atoms with Crippen LogP contribution in [0, 0.1) is 46.2 Å². The Morgan fingerprint density at radius 3 is 2.63 bits per heavy atom. The predicted octanol–water partition coefficient (Wildman–Crippen LogP) is 6.27. The number of nitrogens with one attached hydrogen (secondary N) is 1. The fourth-order valence-electron chi connectivity index (χ4n) is 9.20. The van der Waals surface area contributed by atoms with Gasteiger partial charge in [-0.1, -0.05) is 13.8 Å². The summed E-state index contributed by atoms with van der Waals surface area (Å²) in [4.78, 5) is 17.6. The number of aliphatic imine (C=N–C) groups is 1. The van der Waals surface area contributed by atoms with E-state index >= 15 is 0 Å². The van der Waals surface area contributed by atoms with Crippen molar-refractivity contribution in [1.29, 1.82) is 0 Å². The number of fused-ring (bicyclic) bond motifs is 5. The molecule has 0 bridgehead atoms. The summed E-state index contributed by atoms with van der Waals surface area (Å²) in [6, 6.07) is 4.58. The average molecular weight is 483 g/mol. The van der Waals surface area contributed by atoms with Crippen molar-refractivity contribution in [3.63, 3.8) is 0 Å². The van der Waals surface area contributed by atoms with E-state index in [0.29, 0.717) is 28.9 Å². The van der Waals surface area contributed by atoms with Gasteiger partial charge in [0.05, 0.1) is 12.1 Å². The number of carbonyl (C=O) groups excluding carboxylic acids is 1. The Morgan fingerprint density at radius 1 is 1.09 bits per heavy atom. The maximum Gasteiger partial charge on any atom is 0.155 e. The van der Waals surface area contributed by atoms with Crippen LogP contribution in [0.15, 0.2) is 23.2 Å². The molecule has 4 aliphatic carbocycles. The van der Waals surface area contributed by atoms with Crippen molar-refractivity contribution in [2.75, 3.05) is 18.9 Å². The Balaban J connectivity index is 1.29. The Bertz CT molecular complexity index is 1010. The zero-order valence-corrected chi connectivity index (χ0v) is 21.9. The quantitative estimate of drug-likeness (QED) is 0.487. The lowest BCUT2D eigenvalue weighted by molar-refractivity contribution is -0.150. The number of aliphatic hydroxyl groups is 1. The van der Waals surface area contributed by atoms with Crippen LogP contribution in [0.5, 0.6) is 0 Å². The van der Waals surface area contributed by atoms with Gasteiger partial charge in [-0.05, 0) is 117 Å². The normalized spacial score (nSPS) is 42.9. The molecule has 1 aromatic rings. The minimum Gasteiger partial charge on any atom is -0.390 e. The maximum atomic E-state index is 13.9. The number of rotatable bonds is 5. The number of halogens is 1. The second-order valence-electron chi connectivity index (χ2n) is 13.0. The lowest BCUT2D eigenvalue weighted by Crippen LogP contribution is -2.55. The van der Waals surface area contributed by atoms with Gasteiger partial charge in [-0.25, -0.2) is 4.39 Å². The van der Waals surface area contributed by atoms with Gasteiger partial charge in [-0.3, -0.25) is 9.79 Å². The van der Waals surface area contributed by atoms with Crippen LogP contribution in [0.1, 0.15) is 84.1 Å². The second kappa shape index (κ2) is 8.97. The summed E-state index contributed by atoms with van der Waals surface area (Å²) in [6.07, 6.45) is 11.7. The summed E-state index contributed by atoms with van der Waals surface area (Å²) < 4.78 is 13.9. The third-order valence-corrected chi connectivity index (χ3v) is 11.1. The number of nitrogens with zero attached hydrogens (tertiary/aromatic N) is 1. The van der Waals surface area contributed by atoms with Gasteiger partial charge in [0.15, 0.2) is 5.78 Å². The molecule has 4 aliphatic rings. The number of hydrogen-bond donors (Lipinski definition) is 2. The molecule has 1 aromatic carbocycles. The summed E-state index contributed by atoms with van der Waals surface area (Å²) in [5.41, 5.74) is 1.34. The zero-order valence-electron chi connectivity index (χ0n) is 21.9. The molecule has 5 heteroatoms. The molecule has 8 atom stereocenters. The maximum absolute atomic E-state index is 13.9. The first-order chi connectivity index (χ1) is 16.6. The highest BCUT2D eigenvalue weighted by atomic mass is 19.1. The molecule has 0 unspecified atom stereocenters. The van der Waals surface area contributed by atoms with E-state index in [2.05, 4.69) is 24.2 Å². The summed E-state index contributed by atoms with van der Waals surface area (Å²) in [6.45, 7) is 7.18. The van der Waals surface area contributed by atoms with Gasteiger partial charge in [0.2, 0.25) is 0 Å². The highest BCUT2D eigenvalue weighted by Gasteiger charge is 2.61. The first-order valence-corrected chi connectivity index (χ1v) is 13.8. The van der Waals surface area contributed by atoms with Crippen molar-refractivity contribution < 1.29 is 14.3 Å². The van der Waals surface area contributed by atoms with Gasteiger partial charge in [0.25, 0.3) is 0 Å². The second-order valence-corrected chi connectivity index (χ2v) is 13.0. The monoisotopic (exact) mass is 482 g/mol. The Labute approximate surface area is 210 Å². The molecule has 5 rings (SSSR count). The van der Waals surface area contributed by atoms with E-state index in [-0.39, 0.29) is 29.5 Å². The Kier molecular flexibility index (Phi) is 6.39. The molecule has 192 valence electrons. The smallest absolute Gasteiger partial charge is 0.155 e. The lowest BCUT2D eigenvalue weighted by Gasteiger charge is -2.61. The van der Waals surface area contributed by atoms with E-state index in [4.69, 9.17) is 0 Å². The van der Waals surface area contributed by atoms with Crippen molar-refractivity contribution in [1.82, 2.24) is 0 Å². The van der Waals surface area contributed by atoms with Gasteiger partial charge in [0, 0.05) is 30.4 Å². The molecule has 0 aliphatic heterocycles. The molecule has 4 nitrogen and oxygen atoms in total. The number of hydrogen-bond acceptors (Lipinski definition) is 4. The largest absolute Gasteiger partial charge is 0.390 e. The Hall–Kier alpha value is -1.75. The molecule has 0 spiro atoms. The van der Waals surface area contributed by atoms with E-state index in [1.54, 1.807) is 19.3 Å². The van der Waals surface area contributed by atoms with E-state index in [0.717, 1.165) is 50.0 Å². The fraction of sp³-hybridized carbons (Fsp3) is 0.733. The molecule has 0 radical (unpaired) electrons. The van der Waals surface area contributed by atoms with Crippen LogP contribution >= 0.6 is 0 Å². The number of benzene rings is 1. The topological polar surface area (TPSA) is 61.7 Å². The molecular formula is C30H43FN2O2. The SMILES string of the molecule is CN=Cc1ccc(F)cc1NCC(=O)[C@H]1CC[C@H]2[C@@H]3CC[C@@H]4C[C@](C)(O)CC[C@]4(C)[C@H]3CC[C@]12C. The van der Waals surface area contributed by atoms with E-state index in [1.165, 1.54) is 31.4 Å². The zero-order chi connectivity index (χ0) is 25.0. The van der Waals surface area contributed by atoms with Gasteiger partial charge >= 0.3 is 0 Å². The van der Waals surface area contributed by atoms with Gasteiger partial charge in [-0.15, -0.1) is 0 Å². The molecule has 2 N–H and O–H groups in total. The van der Waals surface area contributed by atoms with Gasteiger partial charge in [0.1, 0.15) is 5.82 Å². The lowest BCUT2D eigenvalue weighted by atomic mass is 9.44. The first kappa shape index (κ1) is 24.9. The average Bonchev–Trinajstić information content (AvgIpc) is 3.17. The molecule has 4 fully saturated rings.